The van der Waals surface area contributed by atoms with Gasteiger partial charge >= 0.3 is 0 Å². The van der Waals surface area contributed by atoms with Crippen LogP contribution in [0.1, 0.15) is 11.7 Å². The normalized spacial score (nSPS) is 22.4. The van der Waals surface area contributed by atoms with Crippen LogP contribution in [0, 0.1) is 0 Å². The maximum Gasteiger partial charge on any atom is 0.0601 e. The van der Waals surface area contributed by atoms with Crippen molar-refractivity contribution in [2.75, 3.05) is 19.6 Å². The third kappa shape index (κ3) is 2.24. The Hall–Kier alpha value is -0.510. The molecule has 3 nitrogen and oxygen atoms in total. The van der Waals surface area contributed by atoms with Crippen LogP contribution in [0.25, 0.3) is 0 Å². The summed E-state index contributed by atoms with van der Waals surface area (Å²) in [5.41, 5.74) is 1.36. The SMILES string of the molecule is Cl.Cn1cccc1[C@@H]1CNCCN1. The molecule has 1 fully saturated rings. The average molecular weight is 202 g/mol. The first-order valence-corrected chi connectivity index (χ1v) is 4.43. The molecule has 2 heterocycles. The van der Waals surface area contributed by atoms with E-state index in [1.807, 2.05) is 0 Å². The Morgan fingerprint density at radius 1 is 1.46 bits per heavy atom. The first-order valence-electron chi connectivity index (χ1n) is 4.43. The predicted molar refractivity (Wildman–Crippen MR) is 56.3 cm³/mol. The summed E-state index contributed by atoms with van der Waals surface area (Å²) >= 11 is 0. The van der Waals surface area contributed by atoms with Gasteiger partial charge in [-0.05, 0) is 12.1 Å². The molecule has 1 aliphatic heterocycles. The zero-order valence-corrected chi connectivity index (χ0v) is 8.60. The van der Waals surface area contributed by atoms with Gasteiger partial charge in [-0.3, -0.25) is 0 Å². The number of nitrogens with zero attached hydrogens (tertiary/aromatic N) is 1. The first kappa shape index (κ1) is 10.6. The van der Waals surface area contributed by atoms with Gasteiger partial charge in [-0.25, -0.2) is 0 Å². The van der Waals surface area contributed by atoms with E-state index in [9.17, 15) is 0 Å². The van der Waals surface area contributed by atoms with Crippen molar-refractivity contribution in [3.8, 4) is 0 Å². The maximum absolute atomic E-state index is 3.48. The number of halogens is 1. The van der Waals surface area contributed by atoms with Crippen LogP contribution in [0.15, 0.2) is 18.3 Å². The Kier molecular flexibility index (Phi) is 3.78. The van der Waals surface area contributed by atoms with Crippen molar-refractivity contribution < 1.29 is 0 Å². The smallest absolute Gasteiger partial charge is 0.0601 e. The topological polar surface area (TPSA) is 29.0 Å². The van der Waals surface area contributed by atoms with Gasteiger partial charge in [0.1, 0.15) is 0 Å². The Morgan fingerprint density at radius 3 is 2.85 bits per heavy atom. The van der Waals surface area contributed by atoms with E-state index in [1.54, 1.807) is 0 Å². The lowest BCUT2D eigenvalue weighted by Crippen LogP contribution is -2.43. The molecule has 1 aromatic heterocycles. The predicted octanol–water partition coefficient (Wildman–Crippen LogP) is 0.681. The summed E-state index contributed by atoms with van der Waals surface area (Å²) in [5.74, 6) is 0. The number of piperazine rings is 1. The van der Waals surface area contributed by atoms with Gasteiger partial charge in [-0.15, -0.1) is 12.4 Å². The molecule has 1 aromatic rings. The molecule has 0 saturated carbocycles. The molecule has 2 N–H and O–H groups in total. The van der Waals surface area contributed by atoms with Gasteiger partial charge in [0.15, 0.2) is 0 Å². The molecule has 74 valence electrons. The highest BCUT2D eigenvalue weighted by molar-refractivity contribution is 5.85. The maximum atomic E-state index is 3.48. The van der Waals surface area contributed by atoms with Gasteiger partial charge in [-0.2, -0.15) is 0 Å². The van der Waals surface area contributed by atoms with E-state index >= 15 is 0 Å². The highest BCUT2D eigenvalue weighted by Gasteiger charge is 2.15. The largest absolute Gasteiger partial charge is 0.353 e. The van der Waals surface area contributed by atoms with Gasteiger partial charge in [-0.1, -0.05) is 0 Å². The summed E-state index contributed by atoms with van der Waals surface area (Å²) < 4.78 is 2.17. The standard InChI is InChI=1S/C9H15N3.ClH/c1-12-6-2-3-9(12)8-7-10-4-5-11-8;/h2-3,6,8,10-11H,4-5,7H2,1H3;1H/t8-;/m0./s1. The molecule has 0 spiro atoms. The van der Waals surface area contributed by atoms with Crippen molar-refractivity contribution in [3.63, 3.8) is 0 Å². The van der Waals surface area contributed by atoms with E-state index in [0.29, 0.717) is 6.04 Å². The molecule has 0 radical (unpaired) electrons. The lowest BCUT2D eigenvalue weighted by atomic mass is 10.2. The first-order chi connectivity index (χ1) is 5.88. The second-order valence-corrected chi connectivity index (χ2v) is 3.25. The van der Waals surface area contributed by atoms with E-state index in [1.165, 1.54) is 5.69 Å². The van der Waals surface area contributed by atoms with Crippen molar-refractivity contribution in [3.05, 3.63) is 24.0 Å². The number of rotatable bonds is 1. The summed E-state index contributed by atoms with van der Waals surface area (Å²) in [5, 5.41) is 6.85. The van der Waals surface area contributed by atoms with E-state index in [2.05, 4.69) is 40.6 Å². The van der Waals surface area contributed by atoms with Gasteiger partial charge in [0.25, 0.3) is 0 Å². The fraction of sp³-hybridized carbons (Fsp3) is 0.556. The van der Waals surface area contributed by atoms with Gasteiger partial charge in [0.2, 0.25) is 0 Å². The zero-order chi connectivity index (χ0) is 8.39. The number of nitrogens with one attached hydrogen (secondary N) is 2. The van der Waals surface area contributed by atoms with Crippen LogP contribution in [0.2, 0.25) is 0 Å². The van der Waals surface area contributed by atoms with Gasteiger partial charge < -0.3 is 15.2 Å². The Bertz CT molecular complexity index is 253. The van der Waals surface area contributed by atoms with Crippen LogP contribution in [0.3, 0.4) is 0 Å². The molecule has 0 aliphatic carbocycles. The molecule has 0 aromatic carbocycles. The molecular weight excluding hydrogens is 186 g/mol. The van der Waals surface area contributed by atoms with E-state index in [4.69, 9.17) is 0 Å². The van der Waals surface area contributed by atoms with Crippen molar-refractivity contribution in [2.24, 2.45) is 7.05 Å². The molecule has 0 bridgehead atoms. The minimum Gasteiger partial charge on any atom is -0.353 e. The van der Waals surface area contributed by atoms with Crippen molar-refractivity contribution in [2.45, 2.75) is 6.04 Å². The average Bonchev–Trinajstić information content (AvgIpc) is 2.53. The van der Waals surface area contributed by atoms with Crippen LogP contribution >= 0.6 is 12.4 Å². The highest BCUT2D eigenvalue weighted by Crippen LogP contribution is 2.12. The molecule has 4 heteroatoms. The fourth-order valence-corrected chi connectivity index (χ4v) is 1.70. The van der Waals surface area contributed by atoms with Crippen LogP contribution in [0.4, 0.5) is 0 Å². The summed E-state index contributed by atoms with van der Waals surface area (Å²) in [6.45, 7) is 3.19. The van der Waals surface area contributed by atoms with E-state index in [0.717, 1.165) is 19.6 Å². The van der Waals surface area contributed by atoms with E-state index < -0.39 is 0 Å². The minimum atomic E-state index is 0. The lowest BCUT2D eigenvalue weighted by Gasteiger charge is -2.24. The van der Waals surface area contributed by atoms with Gasteiger partial charge in [0, 0.05) is 38.6 Å². The summed E-state index contributed by atoms with van der Waals surface area (Å²) in [6, 6.07) is 4.75. The molecular formula is C9H16ClN3. The number of aryl methyl sites for hydroxylation is 1. The zero-order valence-electron chi connectivity index (χ0n) is 7.79. The quantitative estimate of drug-likeness (QED) is 0.700. The molecule has 1 aliphatic rings. The highest BCUT2D eigenvalue weighted by atomic mass is 35.5. The van der Waals surface area contributed by atoms with Crippen LogP contribution in [-0.4, -0.2) is 24.2 Å². The third-order valence-electron chi connectivity index (χ3n) is 2.38. The van der Waals surface area contributed by atoms with Crippen molar-refractivity contribution >= 4 is 12.4 Å². The van der Waals surface area contributed by atoms with Crippen LogP contribution in [-0.2, 0) is 7.05 Å². The van der Waals surface area contributed by atoms with Crippen LogP contribution < -0.4 is 10.6 Å². The van der Waals surface area contributed by atoms with Gasteiger partial charge in [0.05, 0.1) is 6.04 Å². The second-order valence-electron chi connectivity index (χ2n) is 3.25. The molecule has 0 unspecified atom stereocenters. The van der Waals surface area contributed by atoms with Crippen molar-refractivity contribution in [1.29, 1.82) is 0 Å². The Balaban J connectivity index is 0.000000845. The number of aromatic nitrogens is 1. The summed E-state index contributed by atoms with van der Waals surface area (Å²) in [4.78, 5) is 0. The minimum absolute atomic E-state index is 0. The Morgan fingerprint density at radius 2 is 2.31 bits per heavy atom. The lowest BCUT2D eigenvalue weighted by molar-refractivity contribution is 0.416. The second kappa shape index (κ2) is 4.65. The van der Waals surface area contributed by atoms with Crippen LogP contribution in [0.5, 0.6) is 0 Å². The molecule has 1 saturated heterocycles. The fourth-order valence-electron chi connectivity index (χ4n) is 1.70. The number of hydrogen-bond acceptors (Lipinski definition) is 2. The molecule has 1 atom stereocenters. The Labute approximate surface area is 84.9 Å². The van der Waals surface area contributed by atoms with Crippen molar-refractivity contribution in [1.82, 2.24) is 15.2 Å². The summed E-state index contributed by atoms with van der Waals surface area (Å²) in [6.07, 6.45) is 2.09. The molecule has 2 rings (SSSR count). The third-order valence-corrected chi connectivity index (χ3v) is 2.38. The van der Waals surface area contributed by atoms with E-state index in [-0.39, 0.29) is 12.4 Å². The molecule has 13 heavy (non-hydrogen) atoms. The number of hydrogen-bond donors (Lipinski definition) is 2. The molecule has 0 amide bonds. The summed E-state index contributed by atoms with van der Waals surface area (Å²) in [7, 11) is 2.09. The monoisotopic (exact) mass is 201 g/mol.